The van der Waals surface area contributed by atoms with Crippen molar-refractivity contribution in [2.24, 2.45) is 0 Å². The van der Waals surface area contributed by atoms with Crippen LogP contribution in [0, 0.1) is 6.92 Å². The summed E-state index contributed by atoms with van der Waals surface area (Å²) < 4.78 is 25.1. The summed E-state index contributed by atoms with van der Waals surface area (Å²) in [5, 5.41) is 2.78. The Morgan fingerprint density at radius 3 is 2.67 bits per heavy atom. The highest BCUT2D eigenvalue weighted by Crippen LogP contribution is 2.11. The molecule has 0 bridgehead atoms. The Bertz CT molecular complexity index is 792. The number of pyridine rings is 1. The van der Waals surface area contributed by atoms with Crippen LogP contribution in [0.1, 0.15) is 17.5 Å². The molecule has 0 spiro atoms. The number of rotatable bonds is 7. The van der Waals surface area contributed by atoms with Crippen molar-refractivity contribution in [1.29, 1.82) is 0 Å². The van der Waals surface area contributed by atoms with Gasteiger partial charge < -0.3 is 5.32 Å². The number of hydrogen-bond donors (Lipinski definition) is 1. The van der Waals surface area contributed by atoms with Crippen LogP contribution in [0.15, 0.2) is 48.8 Å². The Morgan fingerprint density at radius 2 is 2.04 bits per heavy atom. The van der Waals surface area contributed by atoms with Gasteiger partial charge in [0, 0.05) is 37.6 Å². The third kappa shape index (κ3) is 5.75. The Morgan fingerprint density at radius 1 is 1.25 bits per heavy atom. The van der Waals surface area contributed by atoms with Gasteiger partial charge in [-0.3, -0.25) is 9.78 Å². The molecule has 1 aromatic carbocycles. The number of aryl methyl sites for hydroxylation is 1. The van der Waals surface area contributed by atoms with Crippen LogP contribution in [0.5, 0.6) is 0 Å². The van der Waals surface area contributed by atoms with E-state index < -0.39 is 10.0 Å². The second-order valence-corrected chi connectivity index (χ2v) is 7.61. The quantitative estimate of drug-likeness (QED) is 0.832. The van der Waals surface area contributed by atoms with Gasteiger partial charge in [0.15, 0.2) is 0 Å². The lowest BCUT2D eigenvalue weighted by atomic mass is 10.2. The zero-order chi connectivity index (χ0) is 17.6. The molecule has 0 aliphatic rings. The fourth-order valence-corrected chi connectivity index (χ4v) is 3.04. The van der Waals surface area contributed by atoms with Crippen molar-refractivity contribution in [1.82, 2.24) is 9.29 Å². The number of nitrogens with zero attached hydrogens (tertiary/aromatic N) is 2. The first-order valence-electron chi connectivity index (χ1n) is 7.55. The van der Waals surface area contributed by atoms with Gasteiger partial charge in [0.05, 0.1) is 6.26 Å². The van der Waals surface area contributed by atoms with Gasteiger partial charge in [0.1, 0.15) is 0 Å². The van der Waals surface area contributed by atoms with E-state index in [0.29, 0.717) is 5.69 Å². The first-order valence-corrected chi connectivity index (χ1v) is 9.40. The first-order chi connectivity index (χ1) is 11.3. The third-order valence-corrected chi connectivity index (χ3v) is 4.69. The summed E-state index contributed by atoms with van der Waals surface area (Å²) in [5.74, 6) is -0.222. The standard InChI is InChI=1S/C17H21N3O3S/c1-14-5-3-7-16(11-14)19-17(21)8-10-20(24(2,22)23)13-15-6-4-9-18-12-15/h3-7,9,11-12H,8,10,13H2,1-2H3,(H,19,21). The van der Waals surface area contributed by atoms with E-state index in [1.165, 1.54) is 4.31 Å². The van der Waals surface area contributed by atoms with Crippen molar-refractivity contribution >= 4 is 21.6 Å². The van der Waals surface area contributed by atoms with Crippen molar-refractivity contribution < 1.29 is 13.2 Å². The molecule has 128 valence electrons. The van der Waals surface area contributed by atoms with Crippen LogP contribution < -0.4 is 5.32 Å². The normalized spacial score (nSPS) is 11.5. The number of aromatic nitrogens is 1. The monoisotopic (exact) mass is 347 g/mol. The lowest BCUT2D eigenvalue weighted by molar-refractivity contribution is -0.116. The molecule has 1 N–H and O–H groups in total. The Labute approximate surface area is 142 Å². The molecule has 7 heteroatoms. The van der Waals surface area contributed by atoms with Gasteiger partial charge in [-0.2, -0.15) is 4.31 Å². The highest BCUT2D eigenvalue weighted by Gasteiger charge is 2.18. The molecule has 2 aromatic rings. The van der Waals surface area contributed by atoms with Crippen molar-refractivity contribution in [2.45, 2.75) is 19.9 Å². The van der Waals surface area contributed by atoms with Crippen LogP contribution >= 0.6 is 0 Å². The van der Waals surface area contributed by atoms with Crippen LogP contribution in [0.2, 0.25) is 0 Å². The molecule has 1 amide bonds. The van der Waals surface area contributed by atoms with Gasteiger partial charge in [-0.05, 0) is 36.2 Å². The first kappa shape index (κ1) is 18.1. The summed E-state index contributed by atoms with van der Waals surface area (Å²) in [4.78, 5) is 16.0. The number of amides is 1. The number of benzene rings is 1. The van der Waals surface area contributed by atoms with Crippen LogP contribution in [0.25, 0.3) is 0 Å². The second kappa shape index (κ2) is 8.03. The van der Waals surface area contributed by atoms with Gasteiger partial charge in [-0.15, -0.1) is 0 Å². The molecule has 0 fully saturated rings. The van der Waals surface area contributed by atoms with Crippen LogP contribution in [0.3, 0.4) is 0 Å². The summed E-state index contributed by atoms with van der Waals surface area (Å²) in [6, 6.07) is 11.0. The van der Waals surface area contributed by atoms with Gasteiger partial charge in [0.2, 0.25) is 15.9 Å². The molecule has 1 aromatic heterocycles. The Balaban J connectivity index is 1.96. The number of carbonyl (C=O) groups excluding carboxylic acids is 1. The van der Waals surface area contributed by atoms with E-state index in [0.717, 1.165) is 17.4 Å². The minimum absolute atomic E-state index is 0.0846. The predicted octanol–water partition coefficient (Wildman–Crippen LogP) is 2.18. The maximum atomic E-state index is 12.1. The zero-order valence-corrected chi connectivity index (χ0v) is 14.6. The van der Waals surface area contributed by atoms with E-state index in [1.54, 1.807) is 30.6 Å². The molecule has 1 heterocycles. The molecule has 0 aliphatic carbocycles. The molecule has 6 nitrogen and oxygen atoms in total. The molecular formula is C17H21N3O3S. The number of anilines is 1. The fourth-order valence-electron chi connectivity index (χ4n) is 2.23. The SMILES string of the molecule is Cc1cccc(NC(=O)CCN(Cc2cccnc2)S(C)(=O)=O)c1. The lowest BCUT2D eigenvalue weighted by Gasteiger charge is -2.19. The van der Waals surface area contributed by atoms with Crippen molar-refractivity contribution in [3.05, 3.63) is 59.9 Å². The summed E-state index contributed by atoms with van der Waals surface area (Å²) in [7, 11) is -3.41. The third-order valence-electron chi connectivity index (χ3n) is 3.44. The smallest absolute Gasteiger partial charge is 0.225 e. The topological polar surface area (TPSA) is 79.4 Å². The summed E-state index contributed by atoms with van der Waals surface area (Å²) in [6.45, 7) is 2.25. The van der Waals surface area contributed by atoms with Crippen LogP contribution in [-0.4, -0.2) is 36.4 Å². The highest BCUT2D eigenvalue weighted by molar-refractivity contribution is 7.88. The van der Waals surface area contributed by atoms with Crippen molar-refractivity contribution in [3.8, 4) is 0 Å². The maximum Gasteiger partial charge on any atom is 0.225 e. The second-order valence-electron chi connectivity index (χ2n) is 5.63. The van der Waals surface area contributed by atoms with Crippen LogP contribution in [-0.2, 0) is 21.4 Å². The van der Waals surface area contributed by atoms with E-state index in [1.807, 2.05) is 25.1 Å². The largest absolute Gasteiger partial charge is 0.326 e. The Hall–Kier alpha value is -2.25. The van der Waals surface area contributed by atoms with Gasteiger partial charge >= 0.3 is 0 Å². The average molecular weight is 347 g/mol. The van der Waals surface area contributed by atoms with Gasteiger partial charge in [0.25, 0.3) is 0 Å². The average Bonchev–Trinajstić information content (AvgIpc) is 2.51. The molecule has 0 radical (unpaired) electrons. The fraction of sp³-hybridized carbons (Fsp3) is 0.294. The van der Waals surface area contributed by atoms with E-state index in [2.05, 4.69) is 10.3 Å². The molecule has 0 unspecified atom stereocenters. The molecular weight excluding hydrogens is 326 g/mol. The zero-order valence-electron chi connectivity index (χ0n) is 13.8. The molecule has 0 saturated carbocycles. The van der Waals surface area contributed by atoms with Crippen LogP contribution in [0.4, 0.5) is 5.69 Å². The van der Waals surface area contributed by atoms with Crippen molar-refractivity contribution in [2.75, 3.05) is 18.1 Å². The molecule has 24 heavy (non-hydrogen) atoms. The number of carbonyl (C=O) groups is 1. The van der Waals surface area contributed by atoms with E-state index in [9.17, 15) is 13.2 Å². The minimum atomic E-state index is -3.41. The number of nitrogens with one attached hydrogen (secondary N) is 1. The summed E-state index contributed by atoms with van der Waals surface area (Å²) in [5.41, 5.74) is 2.53. The summed E-state index contributed by atoms with van der Waals surface area (Å²) >= 11 is 0. The molecule has 0 saturated heterocycles. The van der Waals surface area contributed by atoms with Crippen molar-refractivity contribution in [3.63, 3.8) is 0 Å². The number of sulfonamides is 1. The predicted molar refractivity (Wildman–Crippen MR) is 93.9 cm³/mol. The van der Waals surface area contributed by atoms with Gasteiger partial charge in [-0.25, -0.2) is 8.42 Å². The maximum absolute atomic E-state index is 12.1. The van der Waals surface area contributed by atoms with E-state index in [4.69, 9.17) is 0 Å². The van der Waals surface area contributed by atoms with Gasteiger partial charge in [-0.1, -0.05) is 18.2 Å². The molecule has 0 atom stereocenters. The number of hydrogen-bond acceptors (Lipinski definition) is 4. The highest BCUT2D eigenvalue weighted by atomic mass is 32.2. The lowest BCUT2D eigenvalue weighted by Crippen LogP contribution is -2.32. The Kier molecular flexibility index (Phi) is 6.05. The van der Waals surface area contributed by atoms with E-state index >= 15 is 0 Å². The molecule has 2 rings (SSSR count). The summed E-state index contributed by atoms with van der Waals surface area (Å²) in [6.07, 6.45) is 4.47. The molecule has 0 aliphatic heterocycles. The minimum Gasteiger partial charge on any atom is -0.326 e. The van der Waals surface area contributed by atoms with E-state index in [-0.39, 0.29) is 25.4 Å².